The number of benzene rings is 1. The number of carbonyl (C=O) groups is 3. The molecule has 3 rings (SSSR count). The number of amides is 2. The van der Waals surface area contributed by atoms with Crippen molar-refractivity contribution in [3.8, 4) is 0 Å². The second kappa shape index (κ2) is 4.30. The van der Waals surface area contributed by atoms with Crippen molar-refractivity contribution in [1.29, 1.82) is 0 Å². The molecule has 1 saturated carbocycles. The summed E-state index contributed by atoms with van der Waals surface area (Å²) in [6.07, 6.45) is 2.51. The van der Waals surface area contributed by atoms with Gasteiger partial charge in [0.05, 0.1) is 17.5 Å². The highest BCUT2D eigenvalue weighted by Crippen LogP contribution is 2.42. The number of imide groups is 1. The van der Waals surface area contributed by atoms with Crippen LogP contribution < -0.4 is 4.90 Å². The predicted octanol–water partition coefficient (Wildman–Crippen LogP) is 2.18. The van der Waals surface area contributed by atoms with E-state index in [4.69, 9.17) is 0 Å². The lowest BCUT2D eigenvalue weighted by atomic mass is 10.00. The third kappa shape index (κ3) is 1.70. The zero-order valence-electron chi connectivity index (χ0n) is 10.8. The van der Waals surface area contributed by atoms with Crippen molar-refractivity contribution in [3.05, 3.63) is 29.8 Å². The number of fused-ring (bicyclic) bond motifs is 1. The van der Waals surface area contributed by atoms with E-state index in [-0.39, 0.29) is 29.4 Å². The van der Waals surface area contributed by atoms with Crippen LogP contribution in [0.3, 0.4) is 0 Å². The lowest BCUT2D eigenvalue weighted by molar-refractivity contribution is -0.122. The number of nitrogens with zero attached hydrogens (tertiary/aromatic N) is 1. The highest BCUT2D eigenvalue weighted by atomic mass is 16.2. The summed E-state index contributed by atoms with van der Waals surface area (Å²) in [7, 11) is 0. The molecule has 2 unspecified atom stereocenters. The average Bonchev–Trinajstić information content (AvgIpc) is 2.95. The fourth-order valence-electron chi connectivity index (χ4n) is 3.20. The van der Waals surface area contributed by atoms with Gasteiger partial charge in [-0.2, -0.15) is 0 Å². The third-order valence-corrected chi connectivity index (χ3v) is 4.12. The standard InChI is InChI=1S/C15H15NO3/c1-9(17)10-5-2-3-8-13(10)16-14(18)11-6-4-7-12(11)15(16)19/h2-3,5,8,11-12H,4,6-7H2,1H3. The molecule has 0 spiro atoms. The van der Waals surface area contributed by atoms with Gasteiger partial charge in [-0.25, -0.2) is 4.90 Å². The van der Waals surface area contributed by atoms with Gasteiger partial charge in [0, 0.05) is 5.56 Å². The van der Waals surface area contributed by atoms with Crippen LogP contribution in [0.25, 0.3) is 0 Å². The van der Waals surface area contributed by atoms with Gasteiger partial charge in [-0.1, -0.05) is 18.6 Å². The molecule has 4 heteroatoms. The number of para-hydroxylation sites is 1. The first-order valence-electron chi connectivity index (χ1n) is 6.59. The first kappa shape index (κ1) is 12.1. The second-order valence-corrected chi connectivity index (χ2v) is 5.23. The Hall–Kier alpha value is -1.97. The first-order chi connectivity index (χ1) is 9.11. The van der Waals surface area contributed by atoms with Crippen LogP contribution in [0.1, 0.15) is 36.5 Å². The number of anilines is 1. The Morgan fingerprint density at radius 2 is 1.68 bits per heavy atom. The van der Waals surface area contributed by atoms with E-state index in [1.54, 1.807) is 24.3 Å². The summed E-state index contributed by atoms with van der Waals surface area (Å²) >= 11 is 0. The van der Waals surface area contributed by atoms with E-state index in [2.05, 4.69) is 0 Å². The second-order valence-electron chi connectivity index (χ2n) is 5.23. The lowest BCUT2D eigenvalue weighted by Gasteiger charge is -2.18. The molecule has 1 saturated heterocycles. The zero-order chi connectivity index (χ0) is 13.6. The van der Waals surface area contributed by atoms with Crippen molar-refractivity contribution in [1.82, 2.24) is 0 Å². The Bertz CT molecular complexity index is 557. The summed E-state index contributed by atoms with van der Waals surface area (Å²) in [5.74, 6) is -0.754. The van der Waals surface area contributed by atoms with Crippen molar-refractivity contribution in [3.63, 3.8) is 0 Å². The van der Waals surface area contributed by atoms with E-state index in [0.717, 1.165) is 19.3 Å². The van der Waals surface area contributed by atoms with Crippen molar-refractivity contribution in [2.24, 2.45) is 11.8 Å². The van der Waals surface area contributed by atoms with Gasteiger partial charge in [-0.15, -0.1) is 0 Å². The first-order valence-corrected chi connectivity index (χ1v) is 6.59. The highest BCUT2D eigenvalue weighted by Gasteiger charge is 2.50. The smallest absolute Gasteiger partial charge is 0.237 e. The van der Waals surface area contributed by atoms with Crippen LogP contribution in [-0.2, 0) is 9.59 Å². The number of carbonyl (C=O) groups excluding carboxylic acids is 3. The number of rotatable bonds is 2. The molecule has 1 heterocycles. The average molecular weight is 257 g/mol. The minimum atomic E-state index is -0.174. The van der Waals surface area contributed by atoms with Crippen molar-refractivity contribution in [2.45, 2.75) is 26.2 Å². The van der Waals surface area contributed by atoms with Gasteiger partial charge in [0.1, 0.15) is 0 Å². The van der Waals surface area contributed by atoms with Gasteiger partial charge in [0.15, 0.2) is 5.78 Å². The van der Waals surface area contributed by atoms with Crippen molar-refractivity contribution >= 4 is 23.3 Å². The highest BCUT2D eigenvalue weighted by molar-refractivity contribution is 6.24. The fraction of sp³-hybridized carbons (Fsp3) is 0.400. The molecular formula is C15H15NO3. The maximum atomic E-state index is 12.4. The molecule has 98 valence electrons. The minimum absolute atomic E-state index is 0.131. The van der Waals surface area contributed by atoms with E-state index in [0.29, 0.717) is 11.3 Å². The summed E-state index contributed by atoms with van der Waals surface area (Å²) in [5.41, 5.74) is 0.878. The molecule has 4 nitrogen and oxygen atoms in total. The van der Waals surface area contributed by atoms with Crippen LogP contribution in [0.5, 0.6) is 0 Å². The molecule has 0 N–H and O–H groups in total. The monoisotopic (exact) mass is 257 g/mol. The number of hydrogen-bond donors (Lipinski definition) is 0. The van der Waals surface area contributed by atoms with Crippen LogP contribution in [0.4, 0.5) is 5.69 Å². The van der Waals surface area contributed by atoms with Gasteiger partial charge in [0.2, 0.25) is 11.8 Å². The Labute approximate surface area is 111 Å². The third-order valence-electron chi connectivity index (χ3n) is 4.12. The number of ketones is 1. The van der Waals surface area contributed by atoms with Crippen LogP contribution in [0.2, 0.25) is 0 Å². The zero-order valence-corrected chi connectivity index (χ0v) is 10.8. The Morgan fingerprint density at radius 3 is 2.26 bits per heavy atom. The van der Waals surface area contributed by atoms with Gasteiger partial charge >= 0.3 is 0 Å². The molecule has 19 heavy (non-hydrogen) atoms. The molecule has 1 aromatic carbocycles. The van der Waals surface area contributed by atoms with Crippen LogP contribution in [0, 0.1) is 11.8 Å². The van der Waals surface area contributed by atoms with Crippen molar-refractivity contribution in [2.75, 3.05) is 4.90 Å². The molecule has 0 radical (unpaired) electrons. The molecule has 2 aliphatic rings. The molecule has 2 amide bonds. The summed E-state index contributed by atoms with van der Waals surface area (Å²) < 4.78 is 0. The number of hydrogen-bond acceptors (Lipinski definition) is 3. The molecule has 1 aliphatic heterocycles. The van der Waals surface area contributed by atoms with Crippen LogP contribution in [-0.4, -0.2) is 17.6 Å². The molecule has 0 aromatic heterocycles. The van der Waals surface area contributed by atoms with Gasteiger partial charge in [0.25, 0.3) is 0 Å². The van der Waals surface area contributed by atoms with E-state index >= 15 is 0 Å². The minimum Gasteiger partial charge on any atom is -0.294 e. The van der Waals surface area contributed by atoms with Gasteiger partial charge in [-0.05, 0) is 31.9 Å². The van der Waals surface area contributed by atoms with Gasteiger partial charge in [-0.3, -0.25) is 14.4 Å². The molecule has 2 atom stereocenters. The van der Waals surface area contributed by atoms with E-state index in [9.17, 15) is 14.4 Å². The maximum Gasteiger partial charge on any atom is 0.237 e. The molecule has 1 aromatic rings. The Balaban J connectivity index is 2.06. The normalized spacial score (nSPS) is 25.8. The molecule has 1 aliphatic carbocycles. The fourth-order valence-corrected chi connectivity index (χ4v) is 3.20. The summed E-state index contributed by atoms with van der Waals surface area (Å²) in [6.45, 7) is 1.45. The Kier molecular flexibility index (Phi) is 2.73. The number of Topliss-reactive ketones (excluding diaryl/α,β-unsaturated/α-hetero) is 1. The summed E-state index contributed by atoms with van der Waals surface area (Å²) in [6, 6.07) is 6.82. The van der Waals surface area contributed by atoms with Gasteiger partial charge < -0.3 is 0 Å². The SMILES string of the molecule is CC(=O)c1ccccc1N1C(=O)C2CCCC2C1=O. The van der Waals surface area contributed by atoms with E-state index in [1.807, 2.05) is 0 Å². The maximum absolute atomic E-state index is 12.4. The Morgan fingerprint density at radius 1 is 1.11 bits per heavy atom. The van der Waals surface area contributed by atoms with Crippen LogP contribution in [0.15, 0.2) is 24.3 Å². The largest absolute Gasteiger partial charge is 0.294 e. The van der Waals surface area contributed by atoms with E-state index < -0.39 is 0 Å². The quantitative estimate of drug-likeness (QED) is 0.602. The van der Waals surface area contributed by atoms with E-state index in [1.165, 1.54) is 11.8 Å². The molecular weight excluding hydrogens is 242 g/mol. The van der Waals surface area contributed by atoms with Crippen LogP contribution >= 0.6 is 0 Å². The summed E-state index contributed by atoms with van der Waals surface area (Å²) in [4.78, 5) is 37.6. The lowest BCUT2D eigenvalue weighted by Crippen LogP contribution is -2.32. The molecule has 0 bridgehead atoms. The predicted molar refractivity (Wildman–Crippen MR) is 69.8 cm³/mol. The summed E-state index contributed by atoms with van der Waals surface area (Å²) in [5, 5.41) is 0. The van der Waals surface area contributed by atoms with Crippen molar-refractivity contribution < 1.29 is 14.4 Å². The topological polar surface area (TPSA) is 54.5 Å². The molecule has 2 fully saturated rings.